The highest BCUT2D eigenvalue weighted by Crippen LogP contribution is 2.39. The van der Waals surface area contributed by atoms with Crippen molar-refractivity contribution in [2.75, 3.05) is 9.80 Å². The summed E-state index contributed by atoms with van der Waals surface area (Å²) < 4.78 is 0. The largest absolute Gasteiger partial charge is 0.311 e. The maximum Gasteiger partial charge on any atom is 0.0462 e. The fourth-order valence-corrected chi connectivity index (χ4v) is 7.40. The molecule has 2 heteroatoms. The minimum atomic E-state index is 1.11. The molecule has 56 heavy (non-hydrogen) atoms. The number of hydrogen-bond donors (Lipinski definition) is 0. The zero-order valence-electron chi connectivity index (χ0n) is 31.0. The van der Waals surface area contributed by atoms with Gasteiger partial charge in [0.15, 0.2) is 0 Å². The van der Waals surface area contributed by atoms with E-state index in [-0.39, 0.29) is 0 Å². The summed E-state index contributed by atoms with van der Waals surface area (Å²) in [5, 5.41) is 0. The Labute approximate surface area is 329 Å². The topological polar surface area (TPSA) is 6.48 Å². The van der Waals surface area contributed by atoms with Gasteiger partial charge in [-0.2, -0.15) is 0 Å². The average molecular weight is 717 g/mol. The smallest absolute Gasteiger partial charge is 0.0462 e. The summed E-state index contributed by atoms with van der Waals surface area (Å²) in [5.74, 6) is 0. The van der Waals surface area contributed by atoms with Gasteiger partial charge < -0.3 is 9.80 Å². The van der Waals surface area contributed by atoms with E-state index in [1.807, 2.05) is 0 Å². The van der Waals surface area contributed by atoms with Gasteiger partial charge in [0.25, 0.3) is 0 Å². The Morgan fingerprint density at radius 1 is 0.161 bits per heavy atom. The highest BCUT2D eigenvalue weighted by atomic mass is 15.1. The van der Waals surface area contributed by atoms with Crippen LogP contribution in [-0.2, 0) is 0 Å². The van der Waals surface area contributed by atoms with E-state index in [1.54, 1.807) is 0 Å². The molecule has 9 aromatic rings. The molecule has 0 saturated carbocycles. The molecule has 0 aliphatic carbocycles. The molecule has 0 fully saturated rings. The number of nitrogens with zero attached hydrogens (tertiary/aromatic N) is 2. The maximum atomic E-state index is 2.31. The van der Waals surface area contributed by atoms with E-state index in [0.717, 1.165) is 34.1 Å². The minimum absolute atomic E-state index is 1.11. The van der Waals surface area contributed by atoms with Gasteiger partial charge in [-0.1, -0.05) is 164 Å². The van der Waals surface area contributed by atoms with Crippen LogP contribution < -0.4 is 9.80 Å². The van der Waals surface area contributed by atoms with Crippen LogP contribution in [0.4, 0.5) is 34.1 Å². The molecule has 0 aliphatic heterocycles. The monoisotopic (exact) mass is 716 g/mol. The van der Waals surface area contributed by atoms with Crippen molar-refractivity contribution >= 4 is 34.1 Å². The fourth-order valence-electron chi connectivity index (χ4n) is 7.40. The minimum Gasteiger partial charge on any atom is -0.311 e. The van der Waals surface area contributed by atoms with Crippen LogP contribution in [0.5, 0.6) is 0 Å². The van der Waals surface area contributed by atoms with E-state index in [2.05, 4.69) is 252 Å². The van der Waals surface area contributed by atoms with Crippen molar-refractivity contribution in [2.24, 2.45) is 0 Å². The van der Waals surface area contributed by atoms with Crippen LogP contribution in [0.2, 0.25) is 0 Å². The van der Waals surface area contributed by atoms with Crippen molar-refractivity contribution in [1.29, 1.82) is 0 Å². The molecule has 0 N–H and O–H groups in total. The fraction of sp³-hybridized carbons (Fsp3) is 0. The first-order valence-corrected chi connectivity index (χ1v) is 19.1. The third kappa shape index (κ3) is 7.37. The Morgan fingerprint density at radius 3 is 0.679 bits per heavy atom. The van der Waals surface area contributed by atoms with E-state index in [4.69, 9.17) is 0 Å². The molecule has 2 nitrogen and oxygen atoms in total. The Hall–Kier alpha value is -7.42. The van der Waals surface area contributed by atoms with Gasteiger partial charge in [0.2, 0.25) is 0 Å². The summed E-state index contributed by atoms with van der Waals surface area (Å²) in [6, 6.07) is 86.5. The first kappa shape index (κ1) is 34.4. The van der Waals surface area contributed by atoms with Crippen LogP contribution in [0.25, 0.3) is 44.5 Å². The molecule has 0 saturated heterocycles. The summed E-state index contributed by atoms with van der Waals surface area (Å²) in [6.07, 6.45) is 0. The highest BCUT2D eigenvalue weighted by molar-refractivity contribution is 5.82. The van der Waals surface area contributed by atoms with Crippen molar-refractivity contribution in [3.63, 3.8) is 0 Å². The van der Waals surface area contributed by atoms with Crippen molar-refractivity contribution in [3.8, 4) is 44.5 Å². The number of benzene rings is 9. The Morgan fingerprint density at radius 2 is 0.375 bits per heavy atom. The third-order valence-electron chi connectivity index (χ3n) is 10.3. The molecule has 0 radical (unpaired) electrons. The SMILES string of the molecule is c1ccc(-c2ccc(N(c3ccccc3)c3ccc(-c4cccc(-c5ccc(N(c6ccccc6)c6ccc(-c7ccccc7)cc6)cc5)c4)cc3)cc2)cc1. The summed E-state index contributed by atoms with van der Waals surface area (Å²) in [7, 11) is 0. The Kier molecular flexibility index (Phi) is 9.75. The number of rotatable bonds is 10. The molecule has 266 valence electrons. The lowest BCUT2D eigenvalue weighted by Crippen LogP contribution is -2.09. The first-order valence-electron chi connectivity index (χ1n) is 19.1. The third-order valence-corrected chi connectivity index (χ3v) is 10.3. The number of para-hydroxylation sites is 2. The van der Waals surface area contributed by atoms with Gasteiger partial charge >= 0.3 is 0 Å². The van der Waals surface area contributed by atoms with Crippen LogP contribution in [-0.4, -0.2) is 0 Å². The highest BCUT2D eigenvalue weighted by Gasteiger charge is 2.15. The lowest BCUT2D eigenvalue weighted by Gasteiger charge is -2.26. The zero-order chi connectivity index (χ0) is 37.5. The quantitative estimate of drug-likeness (QED) is 0.139. The van der Waals surface area contributed by atoms with Crippen molar-refractivity contribution in [3.05, 3.63) is 243 Å². The van der Waals surface area contributed by atoms with Gasteiger partial charge in [-0.15, -0.1) is 0 Å². The normalized spacial score (nSPS) is 10.9. The number of anilines is 6. The predicted molar refractivity (Wildman–Crippen MR) is 238 cm³/mol. The van der Waals surface area contributed by atoms with Crippen LogP contribution in [0.3, 0.4) is 0 Å². The first-order chi connectivity index (χ1) is 27.8. The summed E-state index contributed by atoms with van der Waals surface area (Å²) in [4.78, 5) is 4.62. The Balaban J connectivity index is 0.979. The molecular formula is C54H40N2. The molecule has 0 bridgehead atoms. The van der Waals surface area contributed by atoms with Gasteiger partial charge in [-0.05, 0) is 123 Å². The van der Waals surface area contributed by atoms with E-state index in [0.29, 0.717) is 0 Å². The zero-order valence-corrected chi connectivity index (χ0v) is 31.0. The molecular weight excluding hydrogens is 677 g/mol. The number of hydrogen-bond acceptors (Lipinski definition) is 2. The van der Waals surface area contributed by atoms with Gasteiger partial charge in [-0.25, -0.2) is 0 Å². The van der Waals surface area contributed by atoms with Crippen molar-refractivity contribution < 1.29 is 0 Å². The van der Waals surface area contributed by atoms with Gasteiger partial charge in [0.05, 0.1) is 0 Å². The standard InChI is InChI=1S/C54H40N2/c1-5-14-41(15-6-1)43-24-32-51(33-25-43)55(49-20-9-3-10-21-49)53-36-28-45(29-37-53)47-18-13-19-48(40-47)46-30-38-54(39-31-46)56(50-22-11-4-12-23-50)52-34-26-44(27-35-52)42-16-7-2-8-17-42/h1-40H. The van der Waals surface area contributed by atoms with Gasteiger partial charge in [-0.3, -0.25) is 0 Å². The van der Waals surface area contributed by atoms with E-state index in [9.17, 15) is 0 Å². The summed E-state index contributed by atoms with van der Waals surface area (Å²) in [6.45, 7) is 0. The second-order valence-electron chi connectivity index (χ2n) is 13.8. The predicted octanol–water partition coefficient (Wildman–Crippen LogP) is 15.3. The molecule has 9 aromatic carbocycles. The van der Waals surface area contributed by atoms with Crippen LogP contribution >= 0.6 is 0 Å². The van der Waals surface area contributed by atoms with Crippen LogP contribution in [0.1, 0.15) is 0 Å². The van der Waals surface area contributed by atoms with Crippen molar-refractivity contribution in [2.45, 2.75) is 0 Å². The average Bonchev–Trinajstić information content (AvgIpc) is 3.29. The molecule has 9 rings (SSSR count). The lowest BCUT2D eigenvalue weighted by atomic mass is 9.98. The molecule has 0 aliphatic rings. The molecule has 0 amide bonds. The van der Waals surface area contributed by atoms with Gasteiger partial charge in [0.1, 0.15) is 0 Å². The van der Waals surface area contributed by atoms with Gasteiger partial charge in [0, 0.05) is 34.1 Å². The second-order valence-corrected chi connectivity index (χ2v) is 13.8. The van der Waals surface area contributed by atoms with Crippen LogP contribution in [0.15, 0.2) is 243 Å². The summed E-state index contributed by atoms with van der Waals surface area (Å²) >= 11 is 0. The molecule has 0 atom stereocenters. The van der Waals surface area contributed by atoms with Crippen LogP contribution in [0, 0.1) is 0 Å². The summed E-state index contributed by atoms with van der Waals surface area (Å²) in [5.41, 5.74) is 16.2. The molecule has 0 unspecified atom stereocenters. The van der Waals surface area contributed by atoms with E-state index >= 15 is 0 Å². The second kappa shape index (κ2) is 15.9. The maximum absolute atomic E-state index is 2.31. The lowest BCUT2D eigenvalue weighted by molar-refractivity contribution is 1.28. The molecule has 0 heterocycles. The van der Waals surface area contributed by atoms with E-state index in [1.165, 1.54) is 44.5 Å². The van der Waals surface area contributed by atoms with Crippen molar-refractivity contribution in [1.82, 2.24) is 0 Å². The Bertz CT molecular complexity index is 2440. The van der Waals surface area contributed by atoms with E-state index < -0.39 is 0 Å². The molecule has 0 spiro atoms. The molecule has 0 aromatic heterocycles.